The van der Waals surface area contributed by atoms with Crippen molar-refractivity contribution >= 4 is 0 Å². The summed E-state index contributed by atoms with van der Waals surface area (Å²) in [4.78, 5) is 0. The van der Waals surface area contributed by atoms with Crippen LogP contribution < -0.4 is 18.1 Å². The third-order valence-corrected chi connectivity index (χ3v) is 1.20. The first-order chi connectivity index (χ1) is 3.35. The van der Waals surface area contributed by atoms with Gasteiger partial charge in [0.15, 0.2) is 0 Å². The molecule has 0 saturated heterocycles. The molecule has 0 aliphatic rings. The van der Waals surface area contributed by atoms with Crippen LogP contribution in [-0.2, 0) is 0 Å². The molecule has 3 N–H and O–H groups in total. The number of quaternary nitrogens is 1. The Morgan fingerprint density at radius 1 is 1.38 bits per heavy atom. The second kappa shape index (κ2) is 6.99. The molecule has 0 aromatic heterocycles. The lowest BCUT2D eigenvalue weighted by molar-refractivity contribution is -0.276. The van der Waals surface area contributed by atoms with Gasteiger partial charge in [0.25, 0.3) is 0 Å². The van der Waals surface area contributed by atoms with Gasteiger partial charge in [0.05, 0.1) is 6.20 Å². The lowest BCUT2D eigenvalue weighted by Crippen LogP contribution is -3.00. The van der Waals surface area contributed by atoms with Gasteiger partial charge in [0.2, 0.25) is 0 Å². The molecule has 0 atom stereocenters. The topological polar surface area (TPSA) is 27.6 Å². The Morgan fingerprint density at radius 3 is 1.75 bits per heavy atom. The normalized spacial score (nSPS) is 7.38. The summed E-state index contributed by atoms with van der Waals surface area (Å²) in [7, 11) is 0. The second-order valence-electron chi connectivity index (χ2n) is 1.57. The van der Waals surface area contributed by atoms with Crippen molar-refractivity contribution in [1.82, 2.24) is 0 Å². The Balaban J connectivity index is 0. The van der Waals surface area contributed by atoms with Crippen molar-refractivity contribution in [2.75, 3.05) is 0 Å². The second-order valence-corrected chi connectivity index (χ2v) is 1.57. The van der Waals surface area contributed by atoms with Crippen LogP contribution in [0.4, 0.5) is 0 Å². The number of hydrogen-bond acceptors (Lipinski definition) is 0. The highest BCUT2D eigenvalue weighted by Crippen LogP contribution is 2.00. The molecule has 0 amide bonds. The van der Waals surface area contributed by atoms with Gasteiger partial charge in [-0.3, -0.25) is 0 Å². The molecule has 1 nitrogen and oxygen atoms in total. The van der Waals surface area contributed by atoms with E-state index in [1.807, 2.05) is 6.20 Å². The van der Waals surface area contributed by atoms with Gasteiger partial charge in [-0.25, -0.2) is 0 Å². The summed E-state index contributed by atoms with van der Waals surface area (Å²) in [6, 6.07) is 0. The van der Waals surface area contributed by atoms with Crippen LogP contribution in [0.15, 0.2) is 11.8 Å². The van der Waals surface area contributed by atoms with Gasteiger partial charge >= 0.3 is 0 Å². The van der Waals surface area contributed by atoms with E-state index in [0.717, 1.165) is 12.8 Å². The van der Waals surface area contributed by atoms with E-state index in [2.05, 4.69) is 19.6 Å². The summed E-state index contributed by atoms with van der Waals surface area (Å²) in [5, 5.41) is 0. The predicted octanol–water partition coefficient (Wildman–Crippen LogP) is -2.06. The van der Waals surface area contributed by atoms with Gasteiger partial charge in [-0.15, -0.1) is 0 Å². The van der Waals surface area contributed by atoms with Crippen LogP contribution in [0.25, 0.3) is 0 Å². The molecule has 8 heavy (non-hydrogen) atoms. The molecule has 0 bridgehead atoms. The quantitative estimate of drug-likeness (QED) is 0.451. The van der Waals surface area contributed by atoms with Crippen molar-refractivity contribution in [2.24, 2.45) is 0 Å². The van der Waals surface area contributed by atoms with Crippen molar-refractivity contribution in [2.45, 2.75) is 26.7 Å². The molecule has 0 aliphatic heterocycles. The van der Waals surface area contributed by atoms with E-state index in [-0.39, 0.29) is 12.4 Å². The minimum atomic E-state index is 0. The predicted molar refractivity (Wildman–Crippen MR) is 31.6 cm³/mol. The van der Waals surface area contributed by atoms with Gasteiger partial charge in [-0.2, -0.15) is 0 Å². The highest BCUT2D eigenvalue weighted by molar-refractivity contribution is 4.93. The number of halogens is 1. The van der Waals surface area contributed by atoms with Crippen LogP contribution in [0.1, 0.15) is 26.7 Å². The van der Waals surface area contributed by atoms with Gasteiger partial charge < -0.3 is 18.1 Å². The zero-order chi connectivity index (χ0) is 5.70. The van der Waals surface area contributed by atoms with E-state index in [1.54, 1.807) is 0 Å². The van der Waals surface area contributed by atoms with Crippen LogP contribution in [-0.4, -0.2) is 0 Å². The molecular weight excluding hydrogens is 122 g/mol. The number of rotatable bonds is 2. The maximum Gasteiger partial charge on any atom is 0.0900 e. The Kier molecular flexibility index (Phi) is 9.51. The van der Waals surface area contributed by atoms with Gasteiger partial charge in [0.1, 0.15) is 0 Å². The van der Waals surface area contributed by atoms with Crippen LogP contribution in [0, 0.1) is 0 Å². The van der Waals surface area contributed by atoms with Crippen LogP contribution in [0.5, 0.6) is 0 Å². The monoisotopic (exact) mass is 135 g/mol. The first kappa shape index (κ1) is 10.9. The zero-order valence-corrected chi connectivity index (χ0v) is 6.33. The molecule has 50 valence electrons. The molecule has 0 spiro atoms. The van der Waals surface area contributed by atoms with E-state index in [1.165, 1.54) is 5.57 Å². The lowest BCUT2D eigenvalue weighted by atomic mass is 10.2. The minimum absolute atomic E-state index is 0. The van der Waals surface area contributed by atoms with Crippen molar-refractivity contribution in [3.8, 4) is 0 Å². The van der Waals surface area contributed by atoms with Crippen LogP contribution in [0.3, 0.4) is 0 Å². The van der Waals surface area contributed by atoms with E-state index < -0.39 is 0 Å². The van der Waals surface area contributed by atoms with E-state index in [4.69, 9.17) is 0 Å². The Morgan fingerprint density at radius 2 is 1.75 bits per heavy atom. The standard InChI is InChI=1S/C6H13N.ClH/c1-3-6(4-2)5-7;/h5H,3-4,7H2,1-2H3;1H. The summed E-state index contributed by atoms with van der Waals surface area (Å²) in [6.45, 7) is 4.31. The Labute approximate surface area is 57.4 Å². The molecule has 0 saturated carbocycles. The van der Waals surface area contributed by atoms with Gasteiger partial charge in [-0.1, -0.05) is 13.8 Å². The van der Waals surface area contributed by atoms with E-state index >= 15 is 0 Å². The fourth-order valence-electron chi connectivity index (χ4n) is 0.539. The van der Waals surface area contributed by atoms with Crippen molar-refractivity contribution < 1.29 is 18.1 Å². The zero-order valence-electron chi connectivity index (χ0n) is 5.58. The number of allylic oxidation sites excluding steroid dienone is 1. The first-order valence-electron chi connectivity index (χ1n) is 2.82. The largest absolute Gasteiger partial charge is 1.00 e. The third kappa shape index (κ3) is 4.16. The maximum absolute atomic E-state index is 3.67. The summed E-state index contributed by atoms with van der Waals surface area (Å²) in [6.07, 6.45) is 4.25. The highest BCUT2D eigenvalue weighted by Gasteiger charge is 1.85. The number of hydrogen-bond donors (Lipinski definition) is 1. The van der Waals surface area contributed by atoms with Crippen molar-refractivity contribution in [3.05, 3.63) is 11.8 Å². The van der Waals surface area contributed by atoms with Crippen molar-refractivity contribution in [1.29, 1.82) is 0 Å². The molecular formula is C6H14ClN. The molecule has 0 rings (SSSR count). The third-order valence-electron chi connectivity index (χ3n) is 1.20. The minimum Gasteiger partial charge on any atom is -1.00 e. The average molecular weight is 136 g/mol. The molecule has 0 aliphatic carbocycles. The maximum atomic E-state index is 3.67. The van der Waals surface area contributed by atoms with E-state index in [0.29, 0.717) is 0 Å². The molecule has 0 aromatic carbocycles. The lowest BCUT2D eigenvalue weighted by Gasteiger charge is -1.90. The first-order valence-corrected chi connectivity index (χ1v) is 2.82. The fourth-order valence-corrected chi connectivity index (χ4v) is 0.539. The average Bonchev–Trinajstić information content (AvgIpc) is 1.72. The van der Waals surface area contributed by atoms with Gasteiger partial charge in [-0.05, 0) is 18.4 Å². The fraction of sp³-hybridized carbons (Fsp3) is 0.667. The highest BCUT2D eigenvalue weighted by atomic mass is 35.5. The molecule has 0 unspecified atom stereocenters. The van der Waals surface area contributed by atoms with Crippen LogP contribution in [0.2, 0.25) is 0 Å². The molecule has 0 fully saturated rings. The van der Waals surface area contributed by atoms with Crippen LogP contribution >= 0.6 is 0 Å². The summed E-state index contributed by atoms with van der Waals surface area (Å²) in [5.41, 5.74) is 5.11. The molecule has 0 heterocycles. The summed E-state index contributed by atoms with van der Waals surface area (Å²) < 4.78 is 0. The molecule has 2 heteroatoms. The van der Waals surface area contributed by atoms with E-state index in [9.17, 15) is 0 Å². The smallest absolute Gasteiger partial charge is 0.0900 e. The summed E-state index contributed by atoms with van der Waals surface area (Å²) >= 11 is 0. The SMILES string of the molecule is CCC(=C[NH3+])CC.[Cl-]. The molecule has 0 aromatic rings. The Hall–Kier alpha value is -0.0100. The van der Waals surface area contributed by atoms with Crippen molar-refractivity contribution in [3.63, 3.8) is 0 Å². The molecule has 0 radical (unpaired) electrons. The van der Waals surface area contributed by atoms with Gasteiger partial charge in [0, 0.05) is 0 Å². The Bertz CT molecular complexity index is 62.9. The summed E-state index contributed by atoms with van der Waals surface area (Å²) in [5.74, 6) is 0.